The topological polar surface area (TPSA) is 315 Å². The number of H-pyrrole nitrogens is 2. The minimum atomic E-state index is -1.56. The standard InChI is InChI=1S/C46H59N11O10/c1-3-4-15-33(52-27(2)58)42(62)57-38-22-39(59)48-18-11-10-17-34(46(66)67)54-43(63)36(20-29-23-49-32-16-9-8-14-31(29)32)53-40(60)25-50-41(61)35(19-28-12-6-5-7-13-28)55-44(64)37(56-45(38)65)21-30-24-47-26-51-30/h5-9,12-14,16,23-24,26,33-38,49H,3-4,10-11,15,17-22,25H2,1-2H3,(H,47,51)(H,48,59)(H,50,61)(H,52,58)(H,53,60)(H,54,63)(H,55,64)(H,56,65)(H,57,62)(H,66,67)/t33-,34?,35?,36-,37-,38?/m0/s1. The predicted molar refractivity (Wildman–Crippen MR) is 243 cm³/mol. The van der Waals surface area contributed by atoms with E-state index in [-0.39, 0.29) is 51.5 Å². The molecule has 1 aliphatic rings. The number of carboxylic acid groups (broad SMARTS) is 1. The van der Waals surface area contributed by atoms with Gasteiger partial charge in [-0.1, -0.05) is 68.3 Å². The van der Waals surface area contributed by atoms with Crippen molar-refractivity contribution in [1.82, 2.24) is 57.5 Å². The van der Waals surface area contributed by atoms with Crippen LogP contribution < -0.4 is 42.5 Å². The van der Waals surface area contributed by atoms with Crippen molar-refractivity contribution in [3.8, 4) is 0 Å². The fraction of sp³-hybridized carbons (Fsp3) is 0.435. The number of rotatable bonds is 13. The fourth-order valence-electron chi connectivity index (χ4n) is 7.59. The van der Waals surface area contributed by atoms with Gasteiger partial charge in [0.2, 0.25) is 47.3 Å². The zero-order valence-corrected chi connectivity index (χ0v) is 37.4. The lowest BCUT2D eigenvalue weighted by Gasteiger charge is -2.26. The highest BCUT2D eigenvalue weighted by atomic mass is 16.4. The van der Waals surface area contributed by atoms with E-state index in [4.69, 9.17) is 0 Å². The van der Waals surface area contributed by atoms with Crippen LogP contribution in [0.5, 0.6) is 0 Å². The highest BCUT2D eigenvalue weighted by Crippen LogP contribution is 2.19. The average Bonchev–Trinajstić information content (AvgIpc) is 3.98. The monoisotopic (exact) mass is 925 g/mol. The van der Waals surface area contributed by atoms with Gasteiger partial charge in [0, 0.05) is 61.7 Å². The Labute approximate surface area is 386 Å². The molecule has 2 aromatic heterocycles. The zero-order valence-electron chi connectivity index (χ0n) is 37.4. The molecule has 2 aromatic carbocycles. The summed E-state index contributed by atoms with van der Waals surface area (Å²) in [4.78, 5) is 131. The molecule has 4 aromatic rings. The third-order valence-corrected chi connectivity index (χ3v) is 11.1. The first kappa shape index (κ1) is 50.4. The number of benzene rings is 2. The Morgan fingerprint density at radius 1 is 0.776 bits per heavy atom. The normalized spacial score (nSPS) is 21.3. The zero-order chi connectivity index (χ0) is 48.3. The van der Waals surface area contributed by atoms with Crippen LogP contribution in [0.15, 0.2) is 73.3 Å². The maximum atomic E-state index is 14.3. The summed E-state index contributed by atoms with van der Waals surface area (Å²) in [5.74, 6) is -7.36. The highest BCUT2D eigenvalue weighted by Gasteiger charge is 2.34. The van der Waals surface area contributed by atoms with Crippen LogP contribution in [0.2, 0.25) is 0 Å². The summed E-state index contributed by atoms with van der Waals surface area (Å²) in [7, 11) is 0. The second-order valence-corrected chi connectivity index (χ2v) is 16.4. The Morgan fingerprint density at radius 2 is 1.48 bits per heavy atom. The van der Waals surface area contributed by atoms with E-state index in [9.17, 15) is 48.3 Å². The van der Waals surface area contributed by atoms with Crippen molar-refractivity contribution in [1.29, 1.82) is 0 Å². The van der Waals surface area contributed by atoms with Gasteiger partial charge in [-0.15, -0.1) is 0 Å². The Hall–Kier alpha value is -7.58. The average molecular weight is 926 g/mol. The van der Waals surface area contributed by atoms with Gasteiger partial charge in [0.1, 0.15) is 36.3 Å². The lowest BCUT2D eigenvalue weighted by molar-refractivity contribution is -0.142. The molecule has 3 unspecified atom stereocenters. The minimum absolute atomic E-state index is 0.0281. The molecule has 5 rings (SSSR count). The number of unbranched alkanes of at least 4 members (excludes halogenated alkanes) is 1. The number of carbonyl (C=O) groups is 9. The van der Waals surface area contributed by atoms with Crippen LogP contribution in [0.1, 0.15) is 75.6 Å². The van der Waals surface area contributed by atoms with E-state index >= 15 is 0 Å². The van der Waals surface area contributed by atoms with E-state index in [0.29, 0.717) is 29.7 Å². The number of amides is 8. The first-order valence-electron chi connectivity index (χ1n) is 22.3. The van der Waals surface area contributed by atoms with Gasteiger partial charge in [-0.3, -0.25) is 38.4 Å². The lowest BCUT2D eigenvalue weighted by atomic mass is 10.0. The van der Waals surface area contributed by atoms with Gasteiger partial charge < -0.3 is 57.6 Å². The second kappa shape index (κ2) is 25.2. The number of carboxylic acids is 1. The van der Waals surface area contributed by atoms with Crippen molar-refractivity contribution >= 4 is 64.1 Å². The number of hydrogen-bond acceptors (Lipinski definition) is 10. The summed E-state index contributed by atoms with van der Waals surface area (Å²) in [5.41, 5.74) is 2.48. The lowest BCUT2D eigenvalue weighted by Crippen LogP contribution is -2.60. The summed E-state index contributed by atoms with van der Waals surface area (Å²) in [6, 6.07) is 7.99. The maximum absolute atomic E-state index is 14.3. The SMILES string of the molecule is CCCC[C@H](NC(C)=O)C(=O)NC1CC(=O)NCCCCC(C(=O)O)NC(=O)[C@H](Cc2c[nH]c3ccccc23)NC(=O)CNC(=O)C(Cc2ccccc2)NC(=O)[C@H](Cc2cnc[nH]2)NC1=O. The predicted octanol–water partition coefficient (Wildman–Crippen LogP) is -0.0712. The van der Waals surface area contributed by atoms with Gasteiger partial charge in [0.15, 0.2) is 0 Å². The van der Waals surface area contributed by atoms with Crippen LogP contribution in [0.25, 0.3) is 10.9 Å². The molecule has 11 N–H and O–H groups in total. The molecule has 21 heteroatoms. The van der Waals surface area contributed by atoms with Gasteiger partial charge in [-0.2, -0.15) is 0 Å². The molecule has 1 fully saturated rings. The quantitative estimate of drug-likeness (QED) is 0.0844. The van der Waals surface area contributed by atoms with Crippen LogP contribution in [0.3, 0.4) is 0 Å². The largest absolute Gasteiger partial charge is 0.480 e. The summed E-state index contributed by atoms with van der Waals surface area (Å²) < 4.78 is 0. The van der Waals surface area contributed by atoms with Gasteiger partial charge in [-0.05, 0) is 42.9 Å². The van der Waals surface area contributed by atoms with Crippen LogP contribution >= 0.6 is 0 Å². The van der Waals surface area contributed by atoms with Crippen molar-refractivity contribution in [3.63, 3.8) is 0 Å². The third-order valence-electron chi connectivity index (χ3n) is 11.1. The van der Waals surface area contributed by atoms with E-state index < -0.39 is 102 Å². The molecular weight excluding hydrogens is 867 g/mol. The molecule has 8 amide bonds. The van der Waals surface area contributed by atoms with Gasteiger partial charge in [0.05, 0.1) is 19.3 Å². The molecule has 3 heterocycles. The maximum Gasteiger partial charge on any atom is 0.326 e. The number of aromatic amines is 2. The van der Waals surface area contributed by atoms with Gasteiger partial charge >= 0.3 is 5.97 Å². The Bertz CT molecular complexity index is 2350. The first-order valence-corrected chi connectivity index (χ1v) is 22.3. The Balaban J connectivity index is 1.46. The molecular formula is C46H59N11O10. The number of imidazole rings is 1. The smallest absolute Gasteiger partial charge is 0.326 e. The molecule has 0 spiro atoms. The molecule has 1 aliphatic heterocycles. The Morgan fingerprint density at radius 3 is 2.19 bits per heavy atom. The minimum Gasteiger partial charge on any atom is -0.480 e. The van der Waals surface area contributed by atoms with Crippen LogP contribution in [0, 0.1) is 0 Å². The number of nitrogens with zero attached hydrogens (tertiary/aromatic N) is 1. The van der Waals surface area contributed by atoms with E-state index in [1.165, 1.54) is 19.4 Å². The number of hydrogen-bond donors (Lipinski definition) is 11. The van der Waals surface area contributed by atoms with Crippen LogP contribution in [-0.2, 0) is 62.4 Å². The summed E-state index contributed by atoms with van der Waals surface area (Å²) >= 11 is 0. The number of aromatic nitrogens is 3. The Kier molecular flexibility index (Phi) is 19.0. The number of nitrogens with one attached hydrogen (secondary N) is 10. The van der Waals surface area contributed by atoms with Crippen molar-refractivity contribution in [3.05, 3.63) is 90.1 Å². The van der Waals surface area contributed by atoms with Crippen LogP contribution in [0.4, 0.5) is 0 Å². The van der Waals surface area contributed by atoms with Crippen molar-refractivity contribution in [2.24, 2.45) is 0 Å². The number of fused-ring (bicyclic) bond motifs is 1. The molecule has 21 nitrogen and oxygen atoms in total. The summed E-state index contributed by atoms with van der Waals surface area (Å²) in [6.45, 7) is 2.52. The van der Waals surface area contributed by atoms with E-state index in [0.717, 1.165) is 10.9 Å². The number of aliphatic carboxylic acids is 1. The van der Waals surface area contributed by atoms with E-state index in [1.807, 2.05) is 31.2 Å². The highest BCUT2D eigenvalue weighted by molar-refractivity contribution is 5.98. The van der Waals surface area contributed by atoms with E-state index in [2.05, 4.69) is 57.5 Å². The number of carbonyl (C=O) groups excluding carboxylic acids is 8. The van der Waals surface area contributed by atoms with Crippen molar-refractivity contribution in [2.45, 2.75) is 114 Å². The molecule has 67 heavy (non-hydrogen) atoms. The molecule has 6 atom stereocenters. The fourth-order valence-corrected chi connectivity index (χ4v) is 7.59. The first-order chi connectivity index (χ1) is 32.2. The molecule has 0 saturated carbocycles. The molecule has 0 aliphatic carbocycles. The van der Waals surface area contributed by atoms with Crippen LogP contribution in [-0.4, -0.2) is 123 Å². The van der Waals surface area contributed by atoms with Gasteiger partial charge in [-0.25, -0.2) is 9.78 Å². The molecule has 1 saturated heterocycles. The molecule has 0 bridgehead atoms. The summed E-state index contributed by atoms with van der Waals surface area (Å²) in [6.07, 6.45) is 5.52. The van der Waals surface area contributed by atoms with E-state index in [1.54, 1.807) is 36.5 Å². The van der Waals surface area contributed by atoms with Crippen molar-refractivity contribution < 1.29 is 48.3 Å². The third kappa shape index (κ3) is 15.8. The number of para-hydroxylation sites is 1. The second-order valence-electron chi connectivity index (χ2n) is 16.4. The molecule has 0 radical (unpaired) electrons. The molecule has 358 valence electrons. The van der Waals surface area contributed by atoms with Gasteiger partial charge in [0.25, 0.3) is 0 Å². The summed E-state index contributed by atoms with van der Waals surface area (Å²) in [5, 5.41) is 31.7. The van der Waals surface area contributed by atoms with Crippen molar-refractivity contribution in [2.75, 3.05) is 13.1 Å².